The molecule has 8 heteroatoms. The number of amides is 2. The number of carbonyl (C=O) groups excluding carboxylic acids is 2. The zero-order valence-corrected chi connectivity index (χ0v) is 12.0. The van der Waals surface area contributed by atoms with E-state index in [0.29, 0.717) is 5.56 Å². The van der Waals surface area contributed by atoms with Gasteiger partial charge in [-0.05, 0) is 30.5 Å². The fourth-order valence-electron chi connectivity index (χ4n) is 1.52. The van der Waals surface area contributed by atoms with Crippen LogP contribution >= 0.6 is 11.6 Å². The highest BCUT2D eigenvalue weighted by molar-refractivity contribution is 6.35. The second-order valence-corrected chi connectivity index (χ2v) is 4.91. The Hall–Kier alpha value is -2.28. The SMILES string of the molecule is COc1cc(C=NNC(=O)C(=O)NC2CC2)cc(Cl)c1O. The number of hydrogen-bond donors (Lipinski definition) is 3. The Balaban J connectivity index is 1.95. The molecule has 21 heavy (non-hydrogen) atoms. The summed E-state index contributed by atoms with van der Waals surface area (Å²) in [7, 11) is 1.39. The van der Waals surface area contributed by atoms with Crippen LogP contribution in [0, 0.1) is 0 Å². The van der Waals surface area contributed by atoms with Crippen LogP contribution in [0.25, 0.3) is 0 Å². The molecule has 1 fully saturated rings. The van der Waals surface area contributed by atoms with Crippen LogP contribution in [-0.2, 0) is 9.59 Å². The summed E-state index contributed by atoms with van der Waals surface area (Å²) in [5, 5.41) is 15.9. The maximum absolute atomic E-state index is 11.4. The number of hydrazone groups is 1. The lowest BCUT2D eigenvalue weighted by atomic mass is 10.2. The lowest BCUT2D eigenvalue weighted by molar-refractivity contribution is -0.139. The predicted octanol–water partition coefficient (Wildman–Crippen LogP) is 0.783. The molecule has 0 spiro atoms. The van der Waals surface area contributed by atoms with Crippen molar-refractivity contribution in [3.63, 3.8) is 0 Å². The minimum atomic E-state index is -0.838. The van der Waals surface area contributed by atoms with Gasteiger partial charge < -0.3 is 15.2 Å². The first kappa shape index (κ1) is 15.1. The van der Waals surface area contributed by atoms with Gasteiger partial charge in [0.15, 0.2) is 11.5 Å². The lowest BCUT2D eigenvalue weighted by Crippen LogP contribution is -2.38. The second-order valence-electron chi connectivity index (χ2n) is 4.50. The highest BCUT2D eigenvalue weighted by Gasteiger charge is 2.26. The molecule has 0 saturated heterocycles. The zero-order valence-electron chi connectivity index (χ0n) is 11.2. The van der Waals surface area contributed by atoms with Gasteiger partial charge in [0.05, 0.1) is 18.3 Å². The summed E-state index contributed by atoms with van der Waals surface area (Å²) in [6.45, 7) is 0. The van der Waals surface area contributed by atoms with E-state index in [1.165, 1.54) is 25.5 Å². The number of rotatable bonds is 4. The highest BCUT2D eigenvalue weighted by atomic mass is 35.5. The van der Waals surface area contributed by atoms with Crippen molar-refractivity contribution in [3.05, 3.63) is 22.7 Å². The first-order valence-corrected chi connectivity index (χ1v) is 6.59. The van der Waals surface area contributed by atoms with Crippen LogP contribution in [0.5, 0.6) is 11.5 Å². The van der Waals surface area contributed by atoms with Crippen molar-refractivity contribution in [1.29, 1.82) is 0 Å². The van der Waals surface area contributed by atoms with E-state index < -0.39 is 11.8 Å². The minimum absolute atomic E-state index is 0.0913. The molecule has 0 unspecified atom stereocenters. The number of carbonyl (C=O) groups is 2. The van der Waals surface area contributed by atoms with Gasteiger partial charge >= 0.3 is 11.8 Å². The van der Waals surface area contributed by atoms with E-state index in [9.17, 15) is 14.7 Å². The molecule has 0 aromatic heterocycles. The molecule has 0 atom stereocenters. The molecular weight excluding hydrogens is 298 g/mol. The third kappa shape index (κ3) is 4.09. The summed E-state index contributed by atoms with van der Waals surface area (Å²) in [6, 6.07) is 3.04. The number of benzene rings is 1. The highest BCUT2D eigenvalue weighted by Crippen LogP contribution is 2.34. The number of hydrogen-bond acceptors (Lipinski definition) is 5. The quantitative estimate of drug-likeness (QED) is 0.434. The molecule has 0 radical (unpaired) electrons. The second kappa shape index (κ2) is 6.45. The van der Waals surface area contributed by atoms with Gasteiger partial charge in [0, 0.05) is 6.04 Å². The number of aromatic hydroxyl groups is 1. The number of phenolic OH excluding ortho intramolecular Hbond substituents is 1. The van der Waals surface area contributed by atoms with Crippen molar-refractivity contribution in [3.8, 4) is 11.5 Å². The first-order chi connectivity index (χ1) is 10.0. The normalized spacial score (nSPS) is 14.0. The smallest absolute Gasteiger partial charge is 0.329 e. The van der Waals surface area contributed by atoms with Crippen LogP contribution in [0.4, 0.5) is 0 Å². The van der Waals surface area contributed by atoms with E-state index in [4.69, 9.17) is 16.3 Å². The van der Waals surface area contributed by atoms with Gasteiger partial charge in [-0.3, -0.25) is 9.59 Å². The van der Waals surface area contributed by atoms with Crippen molar-refractivity contribution in [2.75, 3.05) is 7.11 Å². The van der Waals surface area contributed by atoms with Gasteiger partial charge in [-0.25, -0.2) is 5.43 Å². The molecule has 0 heterocycles. The Bertz CT molecular complexity index is 599. The molecule has 1 saturated carbocycles. The van der Waals surface area contributed by atoms with Crippen molar-refractivity contribution in [2.24, 2.45) is 5.10 Å². The Morgan fingerprint density at radius 3 is 2.76 bits per heavy atom. The van der Waals surface area contributed by atoms with E-state index in [2.05, 4.69) is 15.8 Å². The Kier molecular flexibility index (Phi) is 4.64. The molecule has 112 valence electrons. The number of ether oxygens (including phenoxy) is 1. The molecule has 1 aromatic carbocycles. The standard InChI is InChI=1S/C13H14ClN3O4/c1-21-10-5-7(4-9(14)11(10)18)6-15-17-13(20)12(19)16-8-2-3-8/h4-6,8,18H,2-3H2,1H3,(H,16,19)(H,17,20). The van der Waals surface area contributed by atoms with Crippen molar-refractivity contribution >= 4 is 29.6 Å². The third-order valence-corrected chi connectivity index (χ3v) is 3.06. The number of nitrogens with zero attached hydrogens (tertiary/aromatic N) is 1. The van der Waals surface area contributed by atoms with E-state index in [-0.39, 0.29) is 22.6 Å². The van der Waals surface area contributed by atoms with E-state index in [0.717, 1.165) is 12.8 Å². The van der Waals surface area contributed by atoms with Crippen molar-refractivity contribution in [2.45, 2.75) is 18.9 Å². The number of nitrogens with one attached hydrogen (secondary N) is 2. The Labute approximate surface area is 125 Å². The van der Waals surface area contributed by atoms with Crippen molar-refractivity contribution in [1.82, 2.24) is 10.7 Å². The summed E-state index contributed by atoms with van der Waals surface area (Å²) in [4.78, 5) is 22.8. The fourth-order valence-corrected chi connectivity index (χ4v) is 1.74. The van der Waals surface area contributed by atoms with Gasteiger partial charge in [-0.2, -0.15) is 5.10 Å². The Morgan fingerprint density at radius 1 is 1.43 bits per heavy atom. The van der Waals surface area contributed by atoms with Gasteiger partial charge in [0.1, 0.15) is 0 Å². The summed E-state index contributed by atoms with van der Waals surface area (Å²) >= 11 is 5.81. The van der Waals surface area contributed by atoms with Gasteiger partial charge in [-0.15, -0.1) is 0 Å². The first-order valence-electron chi connectivity index (χ1n) is 6.21. The molecule has 1 aliphatic rings. The molecule has 1 aliphatic carbocycles. The minimum Gasteiger partial charge on any atom is -0.503 e. The van der Waals surface area contributed by atoms with E-state index in [1.54, 1.807) is 0 Å². The topological polar surface area (TPSA) is 100 Å². The van der Waals surface area contributed by atoms with E-state index in [1.807, 2.05) is 0 Å². The maximum atomic E-state index is 11.4. The predicted molar refractivity (Wildman–Crippen MR) is 76.6 cm³/mol. The van der Waals surface area contributed by atoms with Crippen molar-refractivity contribution < 1.29 is 19.4 Å². The van der Waals surface area contributed by atoms with Crippen LogP contribution in [-0.4, -0.2) is 36.3 Å². The largest absolute Gasteiger partial charge is 0.503 e. The van der Waals surface area contributed by atoms with Crippen LogP contribution in [0.1, 0.15) is 18.4 Å². The van der Waals surface area contributed by atoms with Gasteiger partial charge in [0.25, 0.3) is 0 Å². The van der Waals surface area contributed by atoms with Crippen LogP contribution in [0.2, 0.25) is 5.02 Å². The molecule has 2 rings (SSSR count). The zero-order chi connectivity index (χ0) is 15.4. The molecule has 1 aromatic rings. The van der Waals surface area contributed by atoms with Crippen LogP contribution in [0.15, 0.2) is 17.2 Å². The fraction of sp³-hybridized carbons (Fsp3) is 0.308. The number of methoxy groups -OCH3 is 1. The monoisotopic (exact) mass is 311 g/mol. The summed E-state index contributed by atoms with van der Waals surface area (Å²) < 4.78 is 4.94. The number of halogens is 1. The molecule has 0 bridgehead atoms. The average Bonchev–Trinajstić information content (AvgIpc) is 3.26. The Morgan fingerprint density at radius 2 is 2.14 bits per heavy atom. The third-order valence-electron chi connectivity index (χ3n) is 2.77. The molecule has 3 N–H and O–H groups in total. The molecule has 2 amide bonds. The molecular formula is C13H14ClN3O4. The van der Waals surface area contributed by atoms with Crippen LogP contribution in [0.3, 0.4) is 0 Å². The van der Waals surface area contributed by atoms with E-state index >= 15 is 0 Å². The molecule has 7 nitrogen and oxygen atoms in total. The molecule has 0 aliphatic heterocycles. The van der Waals surface area contributed by atoms with Crippen LogP contribution < -0.4 is 15.5 Å². The number of phenols is 1. The lowest BCUT2D eigenvalue weighted by Gasteiger charge is -2.06. The average molecular weight is 312 g/mol. The van der Waals surface area contributed by atoms with Gasteiger partial charge in [0.2, 0.25) is 0 Å². The maximum Gasteiger partial charge on any atom is 0.329 e. The summed E-state index contributed by atoms with van der Waals surface area (Å²) in [5.74, 6) is -1.54. The summed E-state index contributed by atoms with van der Waals surface area (Å²) in [6.07, 6.45) is 3.08. The van der Waals surface area contributed by atoms with Gasteiger partial charge in [-0.1, -0.05) is 11.6 Å². The summed E-state index contributed by atoms with van der Waals surface area (Å²) in [5.41, 5.74) is 2.61.